The molecular formula is C19H27N3OS. The summed E-state index contributed by atoms with van der Waals surface area (Å²) in [6, 6.07) is 10.8. The van der Waals surface area contributed by atoms with Crippen LogP contribution >= 0.6 is 11.3 Å². The first-order valence-corrected chi connectivity index (χ1v) is 9.66. The number of aromatic nitrogens is 1. The molecule has 0 bridgehead atoms. The maximum Gasteiger partial charge on any atom is 0.185 e. The lowest BCUT2D eigenvalue weighted by Crippen LogP contribution is -2.45. The molecule has 1 aromatic heterocycles. The summed E-state index contributed by atoms with van der Waals surface area (Å²) in [5.74, 6) is 0. The molecule has 2 N–H and O–H groups in total. The predicted octanol–water partition coefficient (Wildman–Crippen LogP) is 3.52. The Bertz CT molecular complexity index is 623. The van der Waals surface area contributed by atoms with Crippen LogP contribution in [0.15, 0.2) is 35.7 Å². The number of aliphatic hydroxyl groups excluding tert-OH is 1. The maximum absolute atomic E-state index is 10.4. The van der Waals surface area contributed by atoms with Crippen LogP contribution < -0.4 is 10.2 Å². The van der Waals surface area contributed by atoms with Gasteiger partial charge < -0.3 is 15.3 Å². The molecule has 130 valence electrons. The largest absolute Gasteiger partial charge is 0.388 e. The van der Waals surface area contributed by atoms with Crippen LogP contribution in [0.2, 0.25) is 0 Å². The number of nitrogens with one attached hydrogen (secondary N) is 1. The van der Waals surface area contributed by atoms with Crippen molar-refractivity contribution in [1.29, 1.82) is 0 Å². The van der Waals surface area contributed by atoms with Crippen molar-refractivity contribution in [3.05, 3.63) is 47.0 Å². The van der Waals surface area contributed by atoms with Crippen LogP contribution in [0.5, 0.6) is 0 Å². The summed E-state index contributed by atoms with van der Waals surface area (Å²) in [6.45, 7) is 6.33. The third kappa shape index (κ3) is 4.56. The van der Waals surface area contributed by atoms with Gasteiger partial charge in [0.05, 0.1) is 11.8 Å². The van der Waals surface area contributed by atoms with Crippen molar-refractivity contribution < 1.29 is 5.11 Å². The molecule has 0 aliphatic carbocycles. The topological polar surface area (TPSA) is 48.4 Å². The number of nitrogens with zero attached hydrogens (tertiary/aromatic N) is 2. The van der Waals surface area contributed by atoms with Crippen LogP contribution in [0.1, 0.15) is 43.5 Å². The number of aliphatic hydroxyl groups is 1. The number of anilines is 1. The molecule has 2 heterocycles. The second kappa shape index (κ2) is 8.10. The molecule has 2 aromatic rings. The molecule has 1 aromatic carbocycles. The summed E-state index contributed by atoms with van der Waals surface area (Å²) in [5, 5.41) is 17.3. The number of rotatable bonds is 6. The van der Waals surface area contributed by atoms with E-state index in [4.69, 9.17) is 0 Å². The summed E-state index contributed by atoms with van der Waals surface area (Å²) in [5.41, 5.74) is 2.11. The molecule has 0 unspecified atom stereocenters. The smallest absolute Gasteiger partial charge is 0.185 e. The molecule has 4 nitrogen and oxygen atoms in total. The summed E-state index contributed by atoms with van der Waals surface area (Å²) in [7, 11) is 0. The molecule has 0 amide bonds. The fraction of sp³-hybridized carbons (Fsp3) is 0.526. The van der Waals surface area contributed by atoms with Crippen molar-refractivity contribution >= 4 is 16.5 Å². The van der Waals surface area contributed by atoms with Crippen molar-refractivity contribution in [2.75, 3.05) is 18.0 Å². The van der Waals surface area contributed by atoms with Crippen LogP contribution in [-0.2, 0) is 0 Å². The molecule has 1 saturated heterocycles. The summed E-state index contributed by atoms with van der Waals surface area (Å²) >= 11 is 1.74. The Morgan fingerprint density at radius 2 is 2.00 bits per heavy atom. The number of benzene rings is 1. The first-order chi connectivity index (χ1) is 11.6. The average Bonchev–Trinajstić information content (AvgIpc) is 3.02. The van der Waals surface area contributed by atoms with E-state index in [0.29, 0.717) is 12.1 Å². The van der Waals surface area contributed by atoms with E-state index in [2.05, 4.69) is 27.5 Å². The lowest BCUT2D eigenvalue weighted by atomic mass is 10.00. The van der Waals surface area contributed by atoms with E-state index in [-0.39, 0.29) is 0 Å². The number of hydrogen-bond acceptors (Lipinski definition) is 5. The molecular weight excluding hydrogens is 318 g/mol. The highest BCUT2D eigenvalue weighted by atomic mass is 32.1. The minimum Gasteiger partial charge on any atom is -0.388 e. The third-order valence-electron chi connectivity index (χ3n) is 4.65. The van der Waals surface area contributed by atoms with Crippen molar-refractivity contribution in [2.24, 2.45) is 0 Å². The number of thiazole rings is 1. The normalized spacial score (nSPS) is 18.5. The molecule has 24 heavy (non-hydrogen) atoms. The second-order valence-corrected chi connectivity index (χ2v) is 7.60. The third-order valence-corrected chi connectivity index (χ3v) is 5.67. The van der Waals surface area contributed by atoms with Gasteiger partial charge in [0.25, 0.3) is 0 Å². The minimum absolute atomic E-state index is 0.305. The van der Waals surface area contributed by atoms with Gasteiger partial charge in [-0.05, 0) is 38.7 Å². The first kappa shape index (κ1) is 17.4. The van der Waals surface area contributed by atoms with Crippen LogP contribution in [0.3, 0.4) is 0 Å². The molecule has 5 heteroatoms. The zero-order valence-electron chi connectivity index (χ0n) is 14.5. The standard InChI is InChI=1S/C19H27N3OS/c1-14(12-18(23)16-6-4-3-5-7-16)20-17-8-10-22(11-9-17)19-21-15(2)13-24-19/h3-7,13-14,17-18,20,23H,8-12H2,1-2H3/t14-,18-/m0/s1. The van der Waals surface area contributed by atoms with E-state index in [1.54, 1.807) is 11.3 Å². The molecule has 1 aliphatic rings. The van der Waals surface area contributed by atoms with Gasteiger partial charge in [0.1, 0.15) is 0 Å². The monoisotopic (exact) mass is 345 g/mol. The van der Waals surface area contributed by atoms with E-state index >= 15 is 0 Å². The highest BCUT2D eigenvalue weighted by Gasteiger charge is 2.23. The Hall–Kier alpha value is -1.43. The maximum atomic E-state index is 10.4. The van der Waals surface area contributed by atoms with E-state index in [1.165, 1.54) is 0 Å². The van der Waals surface area contributed by atoms with Crippen LogP contribution in [0, 0.1) is 6.92 Å². The Labute approximate surface area is 148 Å². The van der Waals surface area contributed by atoms with Gasteiger partial charge in [-0.2, -0.15) is 0 Å². The van der Waals surface area contributed by atoms with E-state index in [1.807, 2.05) is 37.3 Å². The van der Waals surface area contributed by atoms with Crippen LogP contribution in [0.4, 0.5) is 5.13 Å². The van der Waals surface area contributed by atoms with Gasteiger partial charge in [0.2, 0.25) is 0 Å². The Kier molecular flexibility index (Phi) is 5.87. The quantitative estimate of drug-likeness (QED) is 0.841. The van der Waals surface area contributed by atoms with Gasteiger partial charge in [-0.1, -0.05) is 30.3 Å². The second-order valence-electron chi connectivity index (χ2n) is 6.76. The van der Waals surface area contributed by atoms with E-state index in [9.17, 15) is 5.11 Å². The van der Waals surface area contributed by atoms with Crippen molar-refractivity contribution in [1.82, 2.24) is 10.3 Å². The van der Waals surface area contributed by atoms with Crippen molar-refractivity contribution in [3.63, 3.8) is 0 Å². The van der Waals surface area contributed by atoms with Gasteiger partial charge in [0.15, 0.2) is 5.13 Å². The minimum atomic E-state index is -0.396. The average molecular weight is 346 g/mol. The molecule has 2 atom stereocenters. The Morgan fingerprint density at radius 3 is 2.62 bits per heavy atom. The summed E-state index contributed by atoms with van der Waals surface area (Å²) in [6.07, 6.45) is 2.61. The molecule has 0 radical (unpaired) electrons. The fourth-order valence-electron chi connectivity index (χ4n) is 3.34. The number of aryl methyl sites for hydroxylation is 1. The predicted molar refractivity (Wildman–Crippen MR) is 101 cm³/mol. The lowest BCUT2D eigenvalue weighted by molar-refractivity contribution is 0.150. The number of hydrogen-bond donors (Lipinski definition) is 2. The zero-order valence-corrected chi connectivity index (χ0v) is 15.3. The van der Waals surface area contributed by atoms with Crippen LogP contribution in [0.25, 0.3) is 0 Å². The molecule has 0 saturated carbocycles. The fourth-order valence-corrected chi connectivity index (χ4v) is 4.20. The Balaban J connectivity index is 1.44. The SMILES string of the molecule is Cc1csc(N2CCC(N[C@@H](C)C[C@H](O)c3ccccc3)CC2)n1. The first-order valence-electron chi connectivity index (χ1n) is 8.78. The Morgan fingerprint density at radius 1 is 1.29 bits per heavy atom. The summed E-state index contributed by atoms with van der Waals surface area (Å²) in [4.78, 5) is 6.97. The summed E-state index contributed by atoms with van der Waals surface area (Å²) < 4.78 is 0. The van der Waals surface area contributed by atoms with Crippen molar-refractivity contribution in [3.8, 4) is 0 Å². The van der Waals surface area contributed by atoms with Gasteiger partial charge in [-0.25, -0.2) is 4.98 Å². The van der Waals surface area contributed by atoms with Gasteiger partial charge >= 0.3 is 0 Å². The molecule has 3 rings (SSSR count). The lowest BCUT2D eigenvalue weighted by Gasteiger charge is -2.34. The van der Waals surface area contributed by atoms with Crippen LogP contribution in [-0.4, -0.2) is 35.3 Å². The van der Waals surface area contributed by atoms with E-state index in [0.717, 1.165) is 48.7 Å². The number of piperidine rings is 1. The molecule has 1 fully saturated rings. The highest BCUT2D eigenvalue weighted by Crippen LogP contribution is 2.24. The van der Waals surface area contributed by atoms with Gasteiger partial charge in [-0.3, -0.25) is 0 Å². The molecule has 0 spiro atoms. The highest BCUT2D eigenvalue weighted by molar-refractivity contribution is 7.13. The molecule has 1 aliphatic heterocycles. The van der Waals surface area contributed by atoms with E-state index < -0.39 is 6.10 Å². The van der Waals surface area contributed by atoms with Gasteiger partial charge in [0, 0.05) is 30.6 Å². The zero-order chi connectivity index (χ0) is 16.9. The van der Waals surface area contributed by atoms with Crippen molar-refractivity contribution in [2.45, 2.75) is 51.3 Å². The van der Waals surface area contributed by atoms with Gasteiger partial charge in [-0.15, -0.1) is 11.3 Å².